The van der Waals surface area contributed by atoms with E-state index in [9.17, 15) is 0 Å². The third-order valence-corrected chi connectivity index (χ3v) is 5.33. The van der Waals surface area contributed by atoms with E-state index in [1.807, 2.05) is 13.0 Å². The van der Waals surface area contributed by atoms with Gasteiger partial charge in [-0.2, -0.15) is 0 Å². The molecule has 0 aromatic heterocycles. The summed E-state index contributed by atoms with van der Waals surface area (Å²) in [4.78, 5) is 4.92. The van der Waals surface area contributed by atoms with Crippen molar-refractivity contribution in [3.05, 3.63) is 53.6 Å². The van der Waals surface area contributed by atoms with Crippen LogP contribution in [-0.4, -0.2) is 50.8 Å². The summed E-state index contributed by atoms with van der Waals surface area (Å²) in [5, 5.41) is 0. The van der Waals surface area contributed by atoms with Crippen molar-refractivity contribution in [3.63, 3.8) is 0 Å². The molecule has 0 spiro atoms. The van der Waals surface area contributed by atoms with Crippen LogP contribution in [0.4, 0.5) is 5.69 Å². The van der Waals surface area contributed by atoms with E-state index in [1.165, 1.54) is 16.8 Å². The van der Waals surface area contributed by atoms with Crippen molar-refractivity contribution in [2.75, 3.05) is 50.8 Å². The molecule has 0 N–H and O–H groups in total. The Morgan fingerprint density at radius 1 is 0.900 bits per heavy atom. The number of rotatable bonds is 8. The molecule has 30 heavy (non-hydrogen) atoms. The smallest absolute Gasteiger partial charge is 0.142 e. The van der Waals surface area contributed by atoms with Crippen LogP contribution in [0.3, 0.4) is 0 Å². The maximum atomic E-state index is 6.17. The molecule has 6 heteroatoms. The Kier molecular flexibility index (Phi) is 11.4. The number of halogens is 2. The van der Waals surface area contributed by atoms with Crippen LogP contribution in [-0.2, 0) is 0 Å². The van der Waals surface area contributed by atoms with Gasteiger partial charge < -0.3 is 14.4 Å². The predicted octanol–water partition coefficient (Wildman–Crippen LogP) is 5.56. The Morgan fingerprint density at radius 3 is 2.27 bits per heavy atom. The molecule has 1 saturated heterocycles. The zero-order chi connectivity index (χ0) is 19.9. The van der Waals surface area contributed by atoms with Gasteiger partial charge in [-0.05, 0) is 49.1 Å². The van der Waals surface area contributed by atoms with Crippen LogP contribution in [0.1, 0.15) is 37.8 Å². The van der Waals surface area contributed by atoms with E-state index in [0.29, 0.717) is 12.5 Å². The minimum absolute atomic E-state index is 0. The first kappa shape index (κ1) is 26.4. The van der Waals surface area contributed by atoms with E-state index in [1.54, 1.807) is 0 Å². The van der Waals surface area contributed by atoms with Crippen LogP contribution in [0.5, 0.6) is 11.5 Å². The maximum absolute atomic E-state index is 6.17. The first-order valence-electron chi connectivity index (χ1n) is 10.5. The van der Waals surface area contributed by atoms with E-state index in [2.05, 4.69) is 67.0 Å². The van der Waals surface area contributed by atoms with Gasteiger partial charge in [-0.1, -0.05) is 38.1 Å². The number of ether oxygens (including phenoxy) is 2. The Morgan fingerprint density at radius 2 is 1.60 bits per heavy atom. The van der Waals surface area contributed by atoms with Crippen molar-refractivity contribution in [3.8, 4) is 11.5 Å². The molecule has 3 rings (SSSR count). The molecule has 1 fully saturated rings. The molecule has 0 aliphatic carbocycles. The molecule has 0 bridgehead atoms. The molecular formula is C24H36Cl2N2O2. The number of aryl methyl sites for hydroxylation is 1. The number of benzene rings is 2. The highest BCUT2D eigenvalue weighted by Crippen LogP contribution is 2.29. The van der Waals surface area contributed by atoms with Crippen molar-refractivity contribution in [1.82, 2.24) is 4.90 Å². The number of anilines is 1. The van der Waals surface area contributed by atoms with Gasteiger partial charge in [0.05, 0.1) is 12.3 Å². The van der Waals surface area contributed by atoms with Crippen molar-refractivity contribution in [1.29, 1.82) is 0 Å². The standard InChI is InChI=1S/C24H34N2O2.2ClH/c1-5-27-23-9-7-6-8-22(23)26-14-12-25(13-15-26)16-17-28-24-18-20(4)10-11-21(24)19(2)3;;/h6-11,18-19H,5,12-17H2,1-4H3;2*1H. The second-order valence-corrected chi connectivity index (χ2v) is 7.77. The second kappa shape index (κ2) is 12.9. The van der Waals surface area contributed by atoms with Gasteiger partial charge >= 0.3 is 0 Å². The molecule has 1 aliphatic heterocycles. The Balaban J connectivity index is 0.00000225. The van der Waals surface area contributed by atoms with Gasteiger partial charge in [-0.15, -0.1) is 24.8 Å². The molecule has 0 saturated carbocycles. The lowest BCUT2D eigenvalue weighted by Gasteiger charge is -2.36. The Hall–Kier alpha value is -1.62. The molecule has 0 unspecified atom stereocenters. The van der Waals surface area contributed by atoms with Crippen LogP contribution in [0, 0.1) is 6.92 Å². The summed E-state index contributed by atoms with van der Waals surface area (Å²) in [5.41, 5.74) is 3.76. The van der Waals surface area contributed by atoms with Crippen LogP contribution in [0.25, 0.3) is 0 Å². The Labute approximate surface area is 194 Å². The van der Waals surface area contributed by atoms with E-state index >= 15 is 0 Å². The lowest BCUT2D eigenvalue weighted by Crippen LogP contribution is -2.47. The fourth-order valence-electron chi connectivity index (χ4n) is 3.74. The van der Waals surface area contributed by atoms with Gasteiger partial charge in [-0.3, -0.25) is 4.90 Å². The minimum atomic E-state index is 0. The zero-order valence-electron chi connectivity index (χ0n) is 18.6. The molecular weight excluding hydrogens is 419 g/mol. The second-order valence-electron chi connectivity index (χ2n) is 7.77. The average Bonchev–Trinajstić information content (AvgIpc) is 2.69. The Bertz CT molecular complexity index is 763. The molecule has 0 atom stereocenters. The van der Waals surface area contributed by atoms with E-state index in [0.717, 1.165) is 50.8 Å². The molecule has 1 aliphatic rings. The molecule has 0 radical (unpaired) electrons. The quantitative estimate of drug-likeness (QED) is 0.520. The van der Waals surface area contributed by atoms with Crippen LogP contribution in [0.15, 0.2) is 42.5 Å². The van der Waals surface area contributed by atoms with E-state index in [4.69, 9.17) is 9.47 Å². The van der Waals surface area contributed by atoms with Crippen molar-refractivity contribution >= 4 is 30.5 Å². The number of para-hydroxylation sites is 2. The van der Waals surface area contributed by atoms with Gasteiger partial charge in [0.25, 0.3) is 0 Å². The summed E-state index contributed by atoms with van der Waals surface area (Å²) in [6.45, 7) is 15.1. The summed E-state index contributed by atoms with van der Waals surface area (Å²) in [6, 6.07) is 14.9. The highest BCUT2D eigenvalue weighted by atomic mass is 35.5. The predicted molar refractivity (Wildman–Crippen MR) is 132 cm³/mol. The maximum Gasteiger partial charge on any atom is 0.142 e. The fourth-order valence-corrected chi connectivity index (χ4v) is 3.74. The van der Waals surface area contributed by atoms with Gasteiger partial charge in [0.15, 0.2) is 0 Å². The van der Waals surface area contributed by atoms with Crippen LogP contribution in [0.2, 0.25) is 0 Å². The molecule has 2 aromatic carbocycles. The van der Waals surface area contributed by atoms with E-state index < -0.39 is 0 Å². The van der Waals surface area contributed by atoms with Crippen molar-refractivity contribution < 1.29 is 9.47 Å². The minimum Gasteiger partial charge on any atom is -0.492 e. The van der Waals surface area contributed by atoms with E-state index in [-0.39, 0.29) is 24.8 Å². The SMILES string of the molecule is CCOc1ccccc1N1CCN(CCOc2cc(C)ccc2C(C)C)CC1.Cl.Cl. The number of hydrogen-bond donors (Lipinski definition) is 0. The van der Waals surface area contributed by atoms with Crippen molar-refractivity contribution in [2.24, 2.45) is 0 Å². The monoisotopic (exact) mass is 454 g/mol. The topological polar surface area (TPSA) is 24.9 Å². The first-order chi connectivity index (χ1) is 13.6. The number of nitrogens with zero attached hydrogens (tertiary/aromatic N) is 2. The third-order valence-electron chi connectivity index (χ3n) is 5.33. The van der Waals surface area contributed by atoms with Gasteiger partial charge in [0.1, 0.15) is 18.1 Å². The summed E-state index contributed by atoms with van der Waals surface area (Å²) >= 11 is 0. The number of hydrogen-bond acceptors (Lipinski definition) is 4. The third kappa shape index (κ3) is 6.97. The molecule has 168 valence electrons. The fraction of sp³-hybridized carbons (Fsp3) is 0.500. The summed E-state index contributed by atoms with van der Waals surface area (Å²) in [6.07, 6.45) is 0. The zero-order valence-corrected chi connectivity index (χ0v) is 20.2. The van der Waals surface area contributed by atoms with Gasteiger partial charge in [-0.25, -0.2) is 0 Å². The van der Waals surface area contributed by atoms with Crippen LogP contribution < -0.4 is 14.4 Å². The summed E-state index contributed by atoms with van der Waals surface area (Å²) < 4.78 is 12.0. The number of piperazine rings is 1. The average molecular weight is 455 g/mol. The summed E-state index contributed by atoms with van der Waals surface area (Å²) in [7, 11) is 0. The van der Waals surface area contributed by atoms with Crippen molar-refractivity contribution in [2.45, 2.75) is 33.6 Å². The lowest BCUT2D eigenvalue weighted by atomic mass is 10.0. The largest absolute Gasteiger partial charge is 0.492 e. The molecule has 2 aromatic rings. The molecule has 0 amide bonds. The first-order valence-corrected chi connectivity index (χ1v) is 10.5. The molecule has 4 nitrogen and oxygen atoms in total. The highest BCUT2D eigenvalue weighted by molar-refractivity contribution is 5.85. The van der Waals surface area contributed by atoms with Gasteiger partial charge in [0.2, 0.25) is 0 Å². The van der Waals surface area contributed by atoms with Gasteiger partial charge in [0, 0.05) is 32.7 Å². The summed E-state index contributed by atoms with van der Waals surface area (Å²) in [5.74, 6) is 2.51. The normalized spacial score (nSPS) is 14.1. The van der Waals surface area contributed by atoms with Crippen LogP contribution >= 0.6 is 24.8 Å². The lowest BCUT2D eigenvalue weighted by molar-refractivity contribution is 0.199. The molecule has 1 heterocycles. The highest BCUT2D eigenvalue weighted by Gasteiger charge is 2.19.